The molecule has 7 heteroatoms. The van der Waals surface area contributed by atoms with Crippen LogP contribution in [0.15, 0.2) is 24.3 Å². The van der Waals surface area contributed by atoms with Gasteiger partial charge in [-0.05, 0) is 56.6 Å². The summed E-state index contributed by atoms with van der Waals surface area (Å²) in [7, 11) is 0. The number of hydrogen-bond acceptors (Lipinski definition) is 4. The van der Waals surface area contributed by atoms with Crippen molar-refractivity contribution in [3.63, 3.8) is 0 Å². The van der Waals surface area contributed by atoms with Crippen LogP contribution in [0, 0.1) is 17.8 Å². The van der Waals surface area contributed by atoms with Gasteiger partial charge in [0.25, 0.3) is 5.91 Å². The van der Waals surface area contributed by atoms with Crippen molar-refractivity contribution in [3.8, 4) is 5.75 Å². The number of ether oxygens (including phenoxy) is 1. The summed E-state index contributed by atoms with van der Waals surface area (Å²) in [5, 5.41) is 6.01. The molecule has 1 aromatic carbocycles. The summed E-state index contributed by atoms with van der Waals surface area (Å²) in [6.07, 6.45) is 6.46. The topological polar surface area (TPSA) is 87.7 Å². The van der Waals surface area contributed by atoms with Gasteiger partial charge in [0.05, 0.1) is 12.1 Å². The lowest BCUT2D eigenvalue weighted by Crippen LogP contribution is -2.67. The Hall–Kier alpha value is -2.57. The minimum atomic E-state index is -0.714. The summed E-state index contributed by atoms with van der Waals surface area (Å²) in [5.74, 6) is 0.618. The molecule has 1 aromatic rings. The van der Waals surface area contributed by atoms with E-state index in [4.69, 9.17) is 4.74 Å². The Morgan fingerprint density at radius 3 is 2.73 bits per heavy atom. The van der Waals surface area contributed by atoms with E-state index in [1.54, 1.807) is 6.07 Å². The number of piperidine rings is 1. The number of carbonyl (C=O) groups is 3. The Morgan fingerprint density at radius 2 is 1.97 bits per heavy atom. The largest absolute Gasteiger partial charge is 0.467 e. The first-order chi connectivity index (χ1) is 14.6. The fourth-order valence-electron chi connectivity index (χ4n) is 5.83. The zero-order chi connectivity index (χ0) is 20.7. The minimum Gasteiger partial charge on any atom is -0.467 e. The molecule has 0 radical (unpaired) electrons. The van der Waals surface area contributed by atoms with Crippen molar-refractivity contribution >= 4 is 17.7 Å². The van der Waals surface area contributed by atoms with Gasteiger partial charge in [0.2, 0.25) is 11.8 Å². The monoisotopic (exact) mass is 411 g/mol. The first-order valence-electron chi connectivity index (χ1n) is 11.2. The number of benzene rings is 1. The molecule has 2 bridgehead atoms. The van der Waals surface area contributed by atoms with Crippen LogP contribution in [0.5, 0.6) is 5.75 Å². The van der Waals surface area contributed by atoms with Crippen LogP contribution in [0.2, 0.25) is 0 Å². The van der Waals surface area contributed by atoms with Crippen molar-refractivity contribution in [2.45, 2.75) is 50.7 Å². The second kappa shape index (κ2) is 7.60. The second-order valence-corrected chi connectivity index (χ2v) is 9.18. The van der Waals surface area contributed by atoms with Gasteiger partial charge in [-0.25, -0.2) is 0 Å². The summed E-state index contributed by atoms with van der Waals surface area (Å²) in [6, 6.07) is 7.32. The van der Waals surface area contributed by atoms with E-state index >= 15 is 0 Å². The van der Waals surface area contributed by atoms with E-state index in [9.17, 15) is 14.4 Å². The van der Waals surface area contributed by atoms with Crippen molar-refractivity contribution in [1.82, 2.24) is 15.5 Å². The predicted molar refractivity (Wildman–Crippen MR) is 110 cm³/mol. The SMILES string of the molecule is O=C1NC2(CC3CCC2CC3C(=O)NCC(=O)N2CCCCC2)Oc2ccccc21. The van der Waals surface area contributed by atoms with Crippen molar-refractivity contribution in [3.05, 3.63) is 29.8 Å². The molecule has 160 valence electrons. The van der Waals surface area contributed by atoms with E-state index in [1.165, 1.54) is 6.42 Å². The van der Waals surface area contributed by atoms with E-state index in [0.29, 0.717) is 24.2 Å². The molecular weight excluding hydrogens is 382 g/mol. The molecule has 0 aromatic heterocycles. The second-order valence-electron chi connectivity index (χ2n) is 9.18. The number of fused-ring (bicyclic) bond motifs is 3. The van der Waals surface area contributed by atoms with Gasteiger partial charge in [-0.2, -0.15) is 0 Å². The highest BCUT2D eigenvalue weighted by Crippen LogP contribution is 2.52. The maximum absolute atomic E-state index is 12.9. The quantitative estimate of drug-likeness (QED) is 0.797. The third-order valence-corrected chi connectivity index (χ3v) is 7.43. The van der Waals surface area contributed by atoms with E-state index in [-0.39, 0.29) is 42.0 Å². The van der Waals surface area contributed by atoms with Gasteiger partial charge < -0.3 is 20.3 Å². The summed E-state index contributed by atoms with van der Waals surface area (Å²) in [4.78, 5) is 39.8. The maximum atomic E-state index is 12.9. The molecular formula is C23H29N3O4. The predicted octanol–water partition coefficient (Wildman–Crippen LogP) is 2.07. The summed E-state index contributed by atoms with van der Waals surface area (Å²) in [6.45, 7) is 1.67. The molecule has 2 heterocycles. The number of nitrogens with zero attached hydrogens (tertiary/aromatic N) is 1. The van der Waals surface area contributed by atoms with Gasteiger partial charge in [0, 0.05) is 31.3 Å². The summed E-state index contributed by atoms with van der Waals surface area (Å²) in [5.41, 5.74) is -0.149. The zero-order valence-electron chi connectivity index (χ0n) is 17.2. The first kappa shape index (κ1) is 19.4. The zero-order valence-corrected chi connectivity index (χ0v) is 17.2. The number of carbonyl (C=O) groups excluding carboxylic acids is 3. The molecule has 3 aliphatic carbocycles. The van der Waals surface area contributed by atoms with Gasteiger partial charge in [0.1, 0.15) is 5.75 Å². The van der Waals surface area contributed by atoms with Crippen molar-refractivity contribution in [2.75, 3.05) is 19.6 Å². The van der Waals surface area contributed by atoms with Crippen LogP contribution in [0.1, 0.15) is 55.3 Å². The normalized spacial score (nSPS) is 32.2. The number of nitrogens with one attached hydrogen (secondary N) is 2. The molecule has 2 aliphatic heterocycles. The fraction of sp³-hybridized carbons (Fsp3) is 0.609. The van der Waals surface area contributed by atoms with E-state index < -0.39 is 5.72 Å². The highest BCUT2D eigenvalue weighted by atomic mass is 16.5. The van der Waals surface area contributed by atoms with Crippen molar-refractivity contribution < 1.29 is 19.1 Å². The molecule has 5 aliphatic rings. The van der Waals surface area contributed by atoms with Crippen LogP contribution in [0.4, 0.5) is 0 Å². The average Bonchev–Trinajstić information content (AvgIpc) is 2.78. The molecule has 4 fully saturated rings. The molecule has 7 nitrogen and oxygen atoms in total. The Morgan fingerprint density at radius 1 is 1.17 bits per heavy atom. The third kappa shape index (κ3) is 3.34. The number of likely N-dealkylation sites (tertiary alicyclic amines) is 1. The van der Waals surface area contributed by atoms with Crippen LogP contribution in [-0.2, 0) is 9.59 Å². The molecule has 2 N–H and O–H groups in total. The van der Waals surface area contributed by atoms with Crippen molar-refractivity contribution in [1.29, 1.82) is 0 Å². The number of para-hydroxylation sites is 1. The van der Waals surface area contributed by atoms with Gasteiger partial charge in [0.15, 0.2) is 5.72 Å². The number of amides is 3. The Bertz CT molecular complexity index is 866. The van der Waals surface area contributed by atoms with Crippen LogP contribution in [0.3, 0.4) is 0 Å². The standard InChI is InChI=1S/C23H29N3O4/c27-20(26-10-4-1-5-11-26)14-24-21(28)18-12-16-9-8-15(18)13-23(16)25-22(29)17-6-2-3-7-19(17)30-23/h2-3,6-7,15-16,18H,1,4-5,8-14H2,(H,24,28)(H,25,29). The lowest BCUT2D eigenvalue weighted by atomic mass is 9.60. The number of rotatable bonds is 3. The van der Waals surface area contributed by atoms with Gasteiger partial charge >= 0.3 is 0 Å². The molecule has 4 atom stereocenters. The Labute approximate surface area is 176 Å². The van der Waals surface area contributed by atoms with Crippen LogP contribution >= 0.6 is 0 Å². The van der Waals surface area contributed by atoms with E-state index in [0.717, 1.165) is 38.8 Å². The molecule has 3 saturated carbocycles. The highest BCUT2D eigenvalue weighted by molar-refractivity contribution is 5.98. The molecule has 3 amide bonds. The summed E-state index contributed by atoms with van der Waals surface area (Å²) >= 11 is 0. The van der Waals surface area contributed by atoms with Crippen LogP contribution < -0.4 is 15.4 Å². The Balaban J connectivity index is 1.23. The van der Waals surface area contributed by atoms with Crippen LogP contribution in [0.25, 0.3) is 0 Å². The maximum Gasteiger partial charge on any atom is 0.258 e. The van der Waals surface area contributed by atoms with Crippen molar-refractivity contribution in [2.24, 2.45) is 17.8 Å². The Kier molecular flexibility index (Phi) is 4.91. The van der Waals surface area contributed by atoms with Gasteiger partial charge in [-0.1, -0.05) is 12.1 Å². The van der Waals surface area contributed by atoms with Crippen LogP contribution in [-0.4, -0.2) is 48.0 Å². The molecule has 4 unspecified atom stereocenters. The smallest absolute Gasteiger partial charge is 0.258 e. The summed E-state index contributed by atoms with van der Waals surface area (Å²) < 4.78 is 6.35. The molecule has 1 spiro atoms. The highest BCUT2D eigenvalue weighted by Gasteiger charge is 2.57. The van der Waals surface area contributed by atoms with E-state index in [1.807, 2.05) is 23.1 Å². The fourth-order valence-corrected chi connectivity index (χ4v) is 5.83. The number of hydrogen-bond donors (Lipinski definition) is 2. The van der Waals surface area contributed by atoms with Gasteiger partial charge in [-0.3, -0.25) is 14.4 Å². The lowest BCUT2D eigenvalue weighted by molar-refractivity contribution is -0.148. The lowest BCUT2D eigenvalue weighted by Gasteiger charge is -2.55. The first-order valence-corrected chi connectivity index (χ1v) is 11.2. The van der Waals surface area contributed by atoms with Gasteiger partial charge in [-0.15, -0.1) is 0 Å². The molecule has 30 heavy (non-hydrogen) atoms. The average molecular weight is 412 g/mol. The minimum absolute atomic E-state index is 0.0139. The molecule has 1 saturated heterocycles. The molecule has 6 rings (SSSR count). The van der Waals surface area contributed by atoms with E-state index in [2.05, 4.69) is 10.6 Å². The third-order valence-electron chi connectivity index (χ3n) is 7.43.